The van der Waals surface area contributed by atoms with Gasteiger partial charge in [0.05, 0.1) is 24.2 Å². The van der Waals surface area contributed by atoms with Crippen LogP contribution in [0.3, 0.4) is 0 Å². The average molecular weight is 367 g/mol. The molecule has 2 heterocycles. The molecule has 3 rings (SSSR count). The van der Waals surface area contributed by atoms with Gasteiger partial charge in [0.25, 0.3) is 0 Å². The Labute approximate surface area is 159 Å². The minimum Gasteiger partial charge on any atom is -0.353 e. The number of piperazine rings is 1. The standard InChI is InChI=1S/C20H25N5O2/c1-14-4-3-5-16(10-14)12-25-9-8-22-20(27)18(25)11-19(26)24-15(2)17-6-7-21-13-23-17/h3-7,10,13,15,18H,8-9,11-12H2,1-2H3,(H,22,27)(H,24,26)/t15-,18+/m1/s1. The van der Waals surface area contributed by atoms with Crippen molar-refractivity contribution < 1.29 is 9.59 Å². The van der Waals surface area contributed by atoms with E-state index in [-0.39, 0.29) is 24.3 Å². The molecule has 2 amide bonds. The van der Waals surface area contributed by atoms with Crippen LogP contribution in [0.4, 0.5) is 0 Å². The molecule has 2 aromatic rings. The van der Waals surface area contributed by atoms with E-state index in [0.717, 1.165) is 17.8 Å². The first-order valence-corrected chi connectivity index (χ1v) is 9.15. The number of carbonyl (C=O) groups is 2. The van der Waals surface area contributed by atoms with Gasteiger partial charge in [-0.15, -0.1) is 0 Å². The van der Waals surface area contributed by atoms with Crippen molar-refractivity contribution in [2.24, 2.45) is 0 Å². The van der Waals surface area contributed by atoms with E-state index >= 15 is 0 Å². The molecule has 142 valence electrons. The predicted octanol–water partition coefficient (Wildman–Crippen LogP) is 1.35. The van der Waals surface area contributed by atoms with E-state index in [1.165, 1.54) is 11.9 Å². The highest BCUT2D eigenvalue weighted by Crippen LogP contribution is 2.16. The van der Waals surface area contributed by atoms with Crippen LogP contribution in [-0.4, -0.2) is 45.8 Å². The summed E-state index contributed by atoms with van der Waals surface area (Å²) >= 11 is 0. The Morgan fingerprint density at radius 3 is 3.00 bits per heavy atom. The van der Waals surface area contributed by atoms with E-state index in [0.29, 0.717) is 13.1 Å². The van der Waals surface area contributed by atoms with Crippen molar-refractivity contribution in [2.45, 2.75) is 38.9 Å². The molecule has 0 spiro atoms. The largest absolute Gasteiger partial charge is 0.353 e. The maximum atomic E-state index is 12.5. The van der Waals surface area contributed by atoms with E-state index in [1.54, 1.807) is 12.3 Å². The third-order valence-electron chi connectivity index (χ3n) is 4.71. The zero-order valence-electron chi connectivity index (χ0n) is 15.7. The summed E-state index contributed by atoms with van der Waals surface area (Å²) in [5.74, 6) is -0.267. The van der Waals surface area contributed by atoms with Crippen LogP contribution in [0.15, 0.2) is 42.9 Å². The van der Waals surface area contributed by atoms with Gasteiger partial charge in [0.15, 0.2) is 0 Å². The number of rotatable bonds is 6. The Kier molecular flexibility index (Phi) is 6.13. The molecular formula is C20H25N5O2. The summed E-state index contributed by atoms with van der Waals surface area (Å²) in [6, 6.07) is 9.28. The van der Waals surface area contributed by atoms with Gasteiger partial charge in [-0.05, 0) is 25.5 Å². The van der Waals surface area contributed by atoms with E-state index in [9.17, 15) is 9.59 Å². The smallest absolute Gasteiger partial charge is 0.237 e. The van der Waals surface area contributed by atoms with Crippen molar-refractivity contribution in [1.82, 2.24) is 25.5 Å². The number of aryl methyl sites for hydroxylation is 1. The van der Waals surface area contributed by atoms with Gasteiger partial charge in [-0.3, -0.25) is 14.5 Å². The monoisotopic (exact) mass is 367 g/mol. The molecule has 27 heavy (non-hydrogen) atoms. The van der Waals surface area contributed by atoms with Crippen LogP contribution in [-0.2, 0) is 16.1 Å². The fraction of sp³-hybridized carbons (Fsp3) is 0.400. The van der Waals surface area contributed by atoms with Crippen molar-refractivity contribution >= 4 is 11.8 Å². The Morgan fingerprint density at radius 1 is 1.41 bits per heavy atom. The van der Waals surface area contributed by atoms with Gasteiger partial charge < -0.3 is 10.6 Å². The molecule has 7 heteroatoms. The van der Waals surface area contributed by atoms with Crippen molar-refractivity contribution in [3.8, 4) is 0 Å². The quantitative estimate of drug-likeness (QED) is 0.805. The molecule has 1 aliphatic heterocycles. The molecule has 1 aromatic heterocycles. The lowest BCUT2D eigenvalue weighted by atomic mass is 10.1. The van der Waals surface area contributed by atoms with Crippen LogP contribution < -0.4 is 10.6 Å². The van der Waals surface area contributed by atoms with Gasteiger partial charge in [0, 0.05) is 25.8 Å². The maximum Gasteiger partial charge on any atom is 0.237 e. The SMILES string of the molecule is Cc1cccc(CN2CCNC(=O)[C@@H]2CC(=O)N[C@H](C)c2ccncn2)c1. The van der Waals surface area contributed by atoms with Gasteiger partial charge in [0.1, 0.15) is 6.33 Å². The van der Waals surface area contributed by atoms with Gasteiger partial charge in [-0.25, -0.2) is 9.97 Å². The summed E-state index contributed by atoms with van der Waals surface area (Å²) in [6.45, 7) is 5.88. The lowest BCUT2D eigenvalue weighted by Crippen LogP contribution is -2.56. The third kappa shape index (κ3) is 5.10. The Hall–Kier alpha value is -2.80. The molecule has 7 nitrogen and oxygen atoms in total. The highest BCUT2D eigenvalue weighted by Gasteiger charge is 2.31. The second kappa shape index (κ2) is 8.73. The normalized spacial score (nSPS) is 18.6. The lowest BCUT2D eigenvalue weighted by molar-refractivity contribution is -0.134. The number of benzene rings is 1. The van der Waals surface area contributed by atoms with Gasteiger partial charge in [0.2, 0.25) is 11.8 Å². The molecule has 0 unspecified atom stereocenters. The third-order valence-corrected chi connectivity index (χ3v) is 4.71. The van der Waals surface area contributed by atoms with Crippen molar-refractivity contribution in [3.63, 3.8) is 0 Å². The topological polar surface area (TPSA) is 87.2 Å². The number of nitrogens with one attached hydrogen (secondary N) is 2. The zero-order valence-corrected chi connectivity index (χ0v) is 15.7. The van der Waals surface area contributed by atoms with Crippen molar-refractivity contribution in [2.75, 3.05) is 13.1 Å². The Bertz CT molecular complexity index is 796. The second-order valence-corrected chi connectivity index (χ2v) is 6.89. The van der Waals surface area contributed by atoms with E-state index < -0.39 is 6.04 Å². The number of hydrogen-bond donors (Lipinski definition) is 2. The van der Waals surface area contributed by atoms with Gasteiger partial charge in [-0.2, -0.15) is 0 Å². The summed E-state index contributed by atoms with van der Waals surface area (Å²) in [5.41, 5.74) is 3.06. The Balaban J connectivity index is 1.64. The zero-order chi connectivity index (χ0) is 19.2. The number of amides is 2. The highest BCUT2D eigenvalue weighted by atomic mass is 16.2. The number of nitrogens with zero attached hydrogens (tertiary/aromatic N) is 3. The minimum atomic E-state index is -0.475. The van der Waals surface area contributed by atoms with Crippen molar-refractivity contribution in [1.29, 1.82) is 0 Å². The van der Waals surface area contributed by atoms with E-state index in [1.807, 2.05) is 32.0 Å². The van der Waals surface area contributed by atoms with Crippen molar-refractivity contribution in [3.05, 3.63) is 59.7 Å². The van der Waals surface area contributed by atoms with E-state index in [2.05, 4.69) is 31.6 Å². The molecule has 2 N–H and O–H groups in total. The van der Waals surface area contributed by atoms with Crippen LogP contribution in [0.1, 0.15) is 36.2 Å². The van der Waals surface area contributed by atoms with Gasteiger partial charge in [-0.1, -0.05) is 29.8 Å². The summed E-state index contributed by atoms with van der Waals surface area (Å²) in [6.07, 6.45) is 3.21. The molecule has 1 aromatic carbocycles. The molecule has 1 aliphatic rings. The van der Waals surface area contributed by atoms with E-state index in [4.69, 9.17) is 0 Å². The fourth-order valence-corrected chi connectivity index (χ4v) is 3.33. The first-order valence-electron chi connectivity index (χ1n) is 9.15. The molecule has 0 radical (unpaired) electrons. The Morgan fingerprint density at radius 2 is 2.26 bits per heavy atom. The molecule has 0 aliphatic carbocycles. The molecule has 0 bridgehead atoms. The number of hydrogen-bond acceptors (Lipinski definition) is 5. The summed E-state index contributed by atoms with van der Waals surface area (Å²) < 4.78 is 0. The maximum absolute atomic E-state index is 12.5. The predicted molar refractivity (Wildman–Crippen MR) is 102 cm³/mol. The summed E-state index contributed by atoms with van der Waals surface area (Å²) in [4.78, 5) is 35.0. The molecule has 1 saturated heterocycles. The molecule has 1 fully saturated rings. The van der Waals surface area contributed by atoms with Crippen LogP contribution >= 0.6 is 0 Å². The summed E-state index contributed by atoms with van der Waals surface area (Å²) in [5, 5.41) is 5.79. The first-order chi connectivity index (χ1) is 13.0. The van der Waals surface area contributed by atoms with Crippen LogP contribution in [0, 0.1) is 6.92 Å². The first kappa shape index (κ1) is 19.0. The second-order valence-electron chi connectivity index (χ2n) is 6.89. The van der Waals surface area contributed by atoms with Crippen LogP contribution in [0.5, 0.6) is 0 Å². The average Bonchev–Trinajstić information content (AvgIpc) is 2.65. The van der Waals surface area contributed by atoms with Crippen LogP contribution in [0.2, 0.25) is 0 Å². The molecule has 2 atom stereocenters. The lowest BCUT2D eigenvalue weighted by Gasteiger charge is -2.35. The van der Waals surface area contributed by atoms with Gasteiger partial charge >= 0.3 is 0 Å². The number of aromatic nitrogens is 2. The highest BCUT2D eigenvalue weighted by molar-refractivity contribution is 5.88. The van der Waals surface area contributed by atoms with Crippen LogP contribution in [0.25, 0.3) is 0 Å². The molecule has 0 saturated carbocycles. The minimum absolute atomic E-state index is 0.0984. The summed E-state index contributed by atoms with van der Waals surface area (Å²) in [7, 11) is 0. The fourth-order valence-electron chi connectivity index (χ4n) is 3.33. The molecular weight excluding hydrogens is 342 g/mol. The number of carbonyl (C=O) groups excluding carboxylic acids is 2.